The van der Waals surface area contributed by atoms with Gasteiger partial charge in [-0.15, -0.1) is 0 Å². The Hall–Kier alpha value is -3.73. The number of carbonyl (C=O) groups is 1. The summed E-state index contributed by atoms with van der Waals surface area (Å²) in [6, 6.07) is 19.9. The lowest BCUT2D eigenvalue weighted by Crippen LogP contribution is -2.40. The summed E-state index contributed by atoms with van der Waals surface area (Å²) >= 11 is 7.00. The van der Waals surface area contributed by atoms with Crippen LogP contribution < -0.4 is 24.4 Å². The monoisotopic (exact) mass is 797 g/mol. The van der Waals surface area contributed by atoms with Gasteiger partial charge in [-0.25, -0.2) is 9.79 Å². The van der Waals surface area contributed by atoms with Crippen LogP contribution in [0.1, 0.15) is 56.0 Å². The number of rotatable bonds is 9. The van der Waals surface area contributed by atoms with E-state index in [4.69, 9.17) is 19.2 Å². The zero-order valence-electron chi connectivity index (χ0n) is 25.0. The Labute approximate surface area is 286 Å². The summed E-state index contributed by atoms with van der Waals surface area (Å²) < 4.78 is 21.5. The fraction of sp³-hybridized carbons (Fsp3) is 0.235. The Kier molecular flexibility index (Phi) is 10.3. The predicted molar refractivity (Wildman–Crippen MR) is 185 cm³/mol. The van der Waals surface area contributed by atoms with Crippen molar-refractivity contribution >= 4 is 61.9 Å². The Morgan fingerprint density at radius 2 is 1.93 bits per heavy atom. The number of fused-ring (bicyclic) bond motifs is 1. The number of allylic oxidation sites excluding steroid dienone is 1. The van der Waals surface area contributed by atoms with Crippen LogP contribution in [0.2, 0.25) is 0 Å². The maximum Gasteiger partial charge on any atom is 0.338 e. The molecule has 8 nitrogen and oxygen atoms in total. The zero-order valence-corrected chi connectivity index (χ0v) is 29.5. The number of benzene rings is 3. The molecule has 45 heavy (non-hydrogen) atoms. The number of hydrogen-bond donors (Lipinski definition) is 0. The molecule has 5 rings (SSSR count). The number of thiazole rings is 1. The third-order valence-electron chi connectivity index (χ3n) is 6.93. The van der Waals surface area contributed by atoms with E-state index in [1.807, 2.05) is 68.4 Å². The van der Waals surface area contributed by atoms with Crippen molar-refractivity contribution in [3.8, 4) is 17.6 Å². The van der Waals surface area contributed by atoms with Gasteiger partial charge in [0.05, 0.1) is 43.7 Å². The summed E-state index contributed by atoms with van der Waals surface area (Å²) in [6.45, 7) is 7.70. The molecule has 230 valence electrons. The quantitative estimate of drug-likeness (QED) is 0.144. The van der Waals surface area contributed by atoms with Crippen LogP contribution in [0.3, 0.4) is 0 Å². The first kappa shape index (κ1) is 32.7. The van der Waals surface area contributed by atoms with Crippen LogP contribution in [-0.4, -0.2) is 23.2 Å². The van der Waals surface area contributed by atoms with Gasteiger partial charge < -0.3 is 14.2 Å². The van der Waals surface area contributed by atoms with Crippen LogP contribution in [0.5, 0.6) is 11.5 Å². The van der Waals surface area contributed by atoms with Crippen molar-refractivity contribution in [1.82, 2.24) is 4.57 Å². The topological polar surface area (TPSA) is 103 Å². The Bertz CT molecular complexity index is 2040. The average Bonchev–Trinajstić information content (AvgIpc) is 3.30. The highest BCUT2D eigenvalue weighted by Crippen LogP contribution is 2.36. The number of hydrogen-bond acceptors (Lipinski definition) is 8. The molecule has 0 spiro atoms. The molecule has 0 aliphatic carbocycles. The van der Waals surface area contributed by atoms with Gasteiger partial charge in [-0.3, -0.25) is 9.36 Å². The van der Waals surface area contributed by atoms with Crippen LogP contribution in [0.25, 0.3) is 6.08 Å². The summed E-state index contributed by atoms with van der Waals surface area (Å²) in [6.07, 6.45) is 1.65. The molecule has 2 heterocycles. The lowest BCUT2D eigenvalue weighted by atomic mass is 9.95. The van der Waals surface area contributed by atoms with Crippen molar-refractivity contribution in [2.75, 3.05) is 6.61 Å². The highest BCUT2D eigenvalue weighted by atomic mass is 127. The molecule has 0 N–H and O–H groups in total. The van der Waals surface area contributed by atoms with Crippen molar-refractivity contribution in [3.63, 3.8) is 0 Å². The molecular weight excluding hydrogens is 769 g/mol. The molecular formula is C34H29BrIN3O5S. The summed E-state index contributed by atoms with van der Waals surface area (Å²) in [5.41, 5.74) is 3.08. The number of nitriles is 1. The molecule has 0 amide bonds. The standard InChI is InChI=1S/C34H29BrIN3O5S/c1-5-42-33(41)29-20(4)38-34-39(30(29)25-12-8-9-13-27(25)44-19(2)3)32(40)28(45-34)15-23-14-24(35)16-26(36)31(23)43-18-22-11-7-6-10-21(22)17-37/h6-16,19,30H,5,18H2,1-4H3/b28-15-/t30-/m0/s1. The molecule has 0 saturated carbocycles. The first-order chi connectivity index (χ1) is 21.6. The molecule has 1 atom stereocenters. The Balaban J connectivity index is 1.68. The molecule has 1 aliphatic heterocycles. The highest BCUT2D eigenvalue weighted by Gasteiger charge is 2.35. The van der Waals surface area contributed by atoms with Crippen molar-refractivity contribution < 1.29 is 19.0 Å². The fourth-order valence-electron chi connectivity index (χ4n) is 5.04. The summed E-state index contributed by atoms with van der Waals surface area (Å²) in [5.74, 6) is 0.610. The molecule has 11 heteroatoms. The van der Waals surface area contributed by atoms with E-state index in [0.29, 0.717) is 43.2 Å². The van der Waals surface area contributed by atoms with Crippen molar-refractivity contribution in [2.45, 2.75) is 46.4 Å². The number of para-hydroxylation sites is 1. The maximum absolute atomic E-state index is 14.3. The second-order valence-electron chi connectivity index (χ2n) is 10.4. The van der Waals surface area contributed by atoms with Crippen molar-refractivity contribution in [2.24, 2.45) is 4.99 Å². The molecule has 0 unspecified atom stereocenters. The molecule has 3 aromatic carbocycles. The largest absolute Gasteiger partial charge is 0.491 e. The number of carbonyl (C=O) groups excluding carboxylic acids is 1. The summed E-state index contributed by atoms with van der Waals surface area (Å²) in [7, 11) is 0. The first-order valence-electron chi connectivity index (χ1n) is 14.2. The van der Waals surface area contributed by atoms with Crippen LogP contribution in [0, 0.1) is 14.9 Å². The lowest BCUT2D eigenvalue weighted by molar-refractivity contribution is -0.139. The molecule has 1 aromatic heterocycles. The third kappa shape index (κ3) is 6.93. The second-order valence-corrected chi connectivity index (χ2v) is 13.5. The smallest absolute Gasteiger partial charge is 0.338 e. The van der Waals surface area contributed by atoms with E-state index in [-0.39, 0.29) is 30.5 Å². The van der Waals surface area contributed by atoms with Gasteiger partial charge in [0.2, 0.25) is 0 Å². The van der Waals surface area contributed by atoms with E-state index in [9.17, 15) is 14.9 Å². The maximum atomic E-state index is 14.3. The highest BCUT2D eigenvalue weighted by molar-refractivity contribution is 14.1. The minimum Gasteiger partial charge on any atom is -0.491 e. The minimum atomic E-state index is -0.807. The molecule has 0 fully saturated rings. The van der Waals surface area contributed by atoms with Gasteiger partial charge in [0, 0.05) is 21.2 Å². The molecule has 1 aliphatic rings. The van der Waals surface area contributed by atoms with Crippen molar-refractivity contribution in [3.05, 3.63) is 122 Å². The number of ether oxygens (including phenoxy) is 3. The van der Waals surface area contributed by atoms with Crippen LogP contribution in [0.15, 0.2) is 86.2 Å². The minimum absolute atomic E-state index is 0.129. The molecule has 0 radical (unpaired) electrons. The molecule has 0 bridgehead atoms. The van der Waals surface area contributed by atoms with Gasteiger partial charge in [-0.1, -0.05) is 63.7 Å². The third-order valence-corrected chi connectivity index (χ3v) is 9.17. The summed E-state index contributed by atoms with van der Waals surface area (Å²) in [4.78, 5) is 32.8. The Morgan fingerprint density at radius 1 is 1.20 bits per heavy atom. The predicted octanol–water partition coefficient (Wildman–Crippen LogP) is 6.40. The average molecular weight is 798 g/mol. The fourth-order valence-corrected chi connectivity index (χ4v) is 7.78. The van der Waals surface area contributed by atoms with Crippen LogP contribution >= 0.6 is 49.9 Å². The van der Waals surface area contributed by atoms with Gasteiger partial charge in [0.1, 0.15) is 24.1 Å². The number of aromatic nitrogens is 1. The SMILES string of the molecule is CCOC(=O)C1=C(C)N=c2s/c(=C\c3cc(Br)cc(I)c3OCc3ccccc3C#N)c(=O)n2[C@H]1c1ccccc1OC(C)C. The van der Waals surface area contributed by atoms with E-state index in [1.54, 1.807) is 30.6 Å². The Morgan fingerprint density at radius 3 is 2.67 bits per heavy atom. The molecule has 0 saturated heterocycles. The van der Waals surface area contributed by atoms with Gasteiger partial charge >= 0.3 is 5.97 Å². The van der Waals surface area contributed by atoms with E-state index >= 15 is 0 Å². The van der Waals surface area contributed by atoms with Gasteiger partial charge in [0.15, 0.2) is 4.80 Å². The normalized spacial score (nSPS) is 14.5. The van der Waals surface area contributed by atoms with E-state index in [1.165, 1.54) is 11.3 Å². The lowest BCUT2D eigenvalue weighted by Gasteiger charge is -2.26. The zero-order chi connectivity index (χ0) is 32.2. The van der Waals surface area contributed by atoms with Gasteiger partial charge in [0.25, 0.3) is 5.56 Å². The van der Waals surface area contributed by atoms with E-state index in [0.717, 1.165) is 13.6 Å². The molecule has 4 aromatic rings. The first-order valence-corrected chi connectivity index (χ1v) is 16.9. The van der Waals surface area contributed by atoms with Gasteiger partial charge in [-0.2, -0.15) is 5.26 Å². The number of nitrogens with zero attached hydrogens (tertiary/aromatic N) is 3. The van der Waals surface area contributed by atoms with Crippen LogP contribution in [-0.2, 0) is 16.1 Å². The number of halogens is 2. The van der Waals surface area contributed by atoms with Crippen LogP contribution in [0.4, 0.5) is 0 Å². The number of esters is 1. The summed E-state index contributed by atoms with van der Waals surface area (Å²) in [5, 5.41) is 9.53. The second kappa shape index (κ2) is 14.1. The van der Waals surface area contributed by atoms with Crippen molar-refractivity contribution in [1.29, 1.82) is 5.26 Å². The van der Waals surface area contributed by atoms with E-state index < -0.39 is 12.0 Å². The van der Waals surface area contributed by atoms with Gasteiger partial charge in [-0.05, 0) is 80.6 Å². The van der Waals surface area contributed by atoms with E-state index in [2.05, 4.69) is 44.6 Å².